The van der Waals surface area contributed by atoms with E-state index in [1.54, 1.807) is 30.3 Å². The predicted octanol–water partition coefficient (Wildman–Crippen LogP) is 4.09. The van der Waals surface area contributed by atoms with Crippen molar-refractivity contribution in [2.24, 2.45) is 0 Å². The van der Waals surface area contributed by atoms with Crippen LogP contribution in [0.3, 0.4) is 0 Å². The summed E-state index contributed by atoms with van der Waals surface area (Å²) in [4.78, 5) is 22.4. The fraction of sp³-hybridized carbons (Fsp3) is 0.333. The third-order valence-electron chi connectivity index (χ3n) is 4.21. The third-order valence-corrected chi connectivity index (χ3v) is 5.32. The number of methoxy groups -OCH3 is 1. The van der Waals surface area contributed by atoms with Crippen LogP contribution >= 0.6 is 11.8 Å². The number of hydrogen-bond donors (Lipinski definition) is 1. The Morgan fingerprint density at radius 1 is 1.17 bits per heavy atom. The lowest BCUT2D eigenvalue weighted by Crippen LogP contribution is -2.24. The number of hydrogen-bond acceptors (Lipinski definition) is 6. The Morgan fingerprint density at radius 3 is 2.41 bits per heavy atom. The molecule has 0 saturated carbocycles. The van der Waals surface area contributed by atoms with Gasteiger partial charge in [-0.2, -0.15) is 9.78 Å². The highest BCUT2D eigenvalue weighted by Crippen LogP contribution is 2.28. The Hall–Kier alpha value is -2.87. The Morgan fingerprint density at radius 2 is 1.83 bits per heavy atom. The first kappa shape index (κ1) is 20.9. The van der Waals surface area contributed by atoms with Crippen LogP contribution in [0.25, 0.3) is 5.95 Å². The molecule has 0 aliphatic heterocycles. The molecule has 0 spiro atoms. The summed E-state index contributed by atoms with van der Waals surface area (Å²) in [5.74, 6) is 1.62. The summed E-state index contributed by atoms with van der Waals surface area (Å²) in [6.07, 6.45) is 3.29. The van der Waals surface area contributed by atoms with Gasteiger partial charge in [-0.3, -0.25) is 4.79 Å². The van der Waals surface area contributed by atoms with Crippen molar-refractivity contribution in [3.05, 3.63) is 54.5 Å². The number of rotatable bonds is 6. The summed E-state index contributed by atoms with van der Waals surface area (Å²) >= 11 is 1.48. The summed E-state index contributed by atoms with van der Waals surface area (Å²) in [6.45, 7) is 8.08. The molecular weight excluding hydrogens is 386 g/mol. The largest absolute Gasteiger partial charge is 0.497 e. The van der Waals surface area contributed by atoms with E-state index in [0.717, 1.165) is 16.3 Å². The molecule has 0 bridgehead atoms. The van der Waals surface area contributed by atoms with E-state index in [4.69, 9.17) is 4.74 Å². The number of amides is 1. The molecule has 0 aliphatic carbocycles. The topological polar surface area (TPSA) is 81.9 Å². The number of ether oxygens (including phenoxy) is 1. The van der Waals surface area contributed by atoms with Crippen molar-refractivity contribution >= 4 is 23.5 Å². The highest BCUT2D eigenvalue weighted by Gasteiger charge is 2.24. The molecule has 2 aromatic heterocycles. The second kappa shape index (κ2) is 8.65. The molecule has 7 nitrogen and oxygen atoms in total. The number of nitrogens with zero attached hydrogens (tertiary/aromatic N) is 4. The van der Waals surface area contributed by atoms with Gasteiger partial charge in [-0.15, -0.1) is 11.8 Å². The zero-order valence-electron chi connectivity index (χ0n) is 17.2. The quantitative estimate of drug-likeness (QED) is 0.615. The summed E-state index contributed by atoms with van der Waals surface area (Å²) in [6, 6.07) is 11.2. The maximum absolute atomic E-state index is 12.8. The summed E-state index contributed by atoms with van der Waals surface area (Å²) in [5, 5.41) is 7.30. The van der Waals surface area contributed by atoms with Gasteiger partial charge in [-0.05, 0) is 37.3 Å². The van der Waals surface area contributed by atoms with E-state index in [1.807, 2.05) is 37.3 Å². The number of aromatic nitrogens is 4. The van der Waals surface area contributed by atoms with Gasteiger partial charge < -0.3 is 10.1 Å². The van der Waals surface area contributed by atoms with Gasteiger partial charge in [0.05, 0.1) is 18.1 Å². The number of anilines is 1. The summed E-state index contributed by atoms with van der Waals surface area (Å²) in [7, 11) is 1.63. The van der Waals surface area contributed by atoms with Gasteiger partial charge in [-0.25, -0.2) is 9.97 Å². The molecule has 1 unspecified atom stereocenters. The van der Waals surface area contributed by atoms with Gasteiger partial charge in [0.25, 0.3) is 5.95 Å². The number of carbonyl (C=O) groups is 1. The predicted molar refractivity (Wildman–Crippen MR) is 115 cm³/mol. The lowest BCUT2D eigenvalue weighted by molar-refractivity contribution is -0.115. The fourth-order valence-electron chi connectivity index (χ4n) is 2.53. The van der Waals surface area contributed by atoms with E-state index < -0.39 is 0 Å². The van der Waals surface area contributed by atoms with Crippen molar-refractivity contribution in [2.45, 2.75) is 43.3 Å². The molecule has 0 fully saturated rings. The molecule has 152 valence electrons. The van der Waals surface area contributed by atoms with Crippen LogP contribution in [0.4, 0.5) is 5.82 Å². The minimum Gasteiger partial charge on any atom is -0.497 e. The smallest absolute Gasteiger partial charge is 0.252 e. The highest BCUT2D eigenvalue weighted by molar-refractivity contribution is 8.00. The van der Waals surface area contributed by atoms with Crippen molar-refractivity contribution in [1.82, 2.24) is 19.7 Å². The third kappa shape index (κ3) is 5.14. The number of benzene rings is 1. The molecule has 29 heavy (non-hydrogen) atoms. The van der Waals surface area contributed by atoms with E-state index in [0.29, 0.717) is 11.8 Å². The Bertz CT molecular complexity index is 965. The lowest BCUT2D eigenvalue weighted by Gasteiger charge is -2.13. The molecule has 3 rings (SSSR count). The van der Waals surface area contributed by atoms with Crippen molar-refractivity contribution < 1.29 is 9.53 Å². The minimum absolute atomic E-state index is 0.122. The van der Waals surface area contributed by atoms with Crippen LogP contribution in [-0.4, -0.2) is 38.0 Å². The Labute approximate surface area is 174 Å². The van der Waals surface area contributed by atoms with Crippen molar-refractivity contribution in [1.29, 1.82) is 0 Å². The summed E-state index contributed by atoms with van der Waals surface area (Å²) < 4.78 is 6.75. The van der Waals surface area contributed by atoms with Crippen molar-refractivity contribution in [3.63, 3.8) is 0 Å². The van der Waals surface area contributed by atoms with Gasteiger partial charge in [0.2, 0.25) is 5.91 Å². The van der Waals surface area contributed by atoms with Crippen LogP contribution in [0, 0.1) is 0 Å². The number of carbonyl (C=O) groups excluding carboxylic acids is 1. The molecule has 0 aliphatic rings. The van der Waals surface area contributed by atoms with Crippen LogP contribution in [0.1, 0.15) is 33.4 Å². The second-order valence-electron chi connectivity index (χ2n) is 7.55. The van der Waals surface area contributed by atoms with Crippen LogP contribution in [0.2, 0.25) is 0 Å². The van der Waals surface area contributed by atoms with Gasteiger partial charge in [0.15, 0.2) is 0 Å². The molecule has 1 atom stereocenters. The zero-order valence-corrected chi connectivity index (χ0v) is 18.0. The maximum atomic E-state index is 12.8. The lowest BCUT2D eigenvalue weighted by atomic mass is 9.92. The van der Waals surface area contributed by atoms with Gasteiger partial charge >= 0.3 is 0 Å². The fourth-order valence-corrected chi connectivity index (χ4v) is 3.40. The monoisotopic (exact) mass is 411 g/mol. The molecular formula is C21H25N5O2S. The average Bonchev–Trinajstić information content (AvgIpc) is 3.13. The highest BCUT2D eigenvalue weighted by atomic mass is 32.2. The number of thioether (sulfide) groups is 1. The zero-order chi connectivity index (χ0) is 21.0. The van der Waals surface area contributed by atoms with E-state index in [9.17, 15) is 4.79 Å². The first-order chi connectivity index (χ1) is 13.8. The number of nitrogens with one attached hydrogen (secondary N) is 1. The molecule has 2 heterocycles. The second-order valence-corrected chi connectivity index (χ2v) is 8.96. The first-order valence-corrected chi connectivity index (χ1v) is 10.2. The first-order valence-electron chi connectivity index (χ1n) is 9.27. The van der Waals surface area contributed by atoms with Crippen LogP contribution in [0.5, 0.6) is 5.75 Å². The van der Waals surface area contributed by atoms with Gasteiger partial charge in [0.1, 0.15) is 11.6 Å². The van der Waals surface area contributed by atoms with Crippen LogP contribution < -0.4 is 10.1 Å². The van der Waals surface area contributed by atoms with Crippen molar-refractivity contribution in [2.75, 3.05) is 12.4 Å². The molecule has 8 heteroatoms. The molecule has 1 N–H and O–H groups in total. The SMILES string of the molecule is COc1ccc(SC(C)C(=O)Nc2cc(C(C)(C)C)nn2-c2ncccn2)cc1. The van der Waals surface area contributed by atoms with Gasteiger partial charge in [0, 0.05) is 28.8 Å². The molecule has 0 saturated heterocycles. The van der Waals surface area contributed by atoms with E-state index in [2.05, 4.69) is 41.2 Å². The van der Waals surface area contributed by atoms with Crippen molar-refractivity contribution in [3.8, 4) is 11.7 Å². The van der Waals surface area contributed by atoms with Crippen LogP contribution in [-0.2, 0) is 10.2 Å². The minimum atomic E-state index is -0.304. The van der Waals surface area contributed by atoms with E-state index in [1.165, 1.54) is 11.8 Å². The summed E-state index contributed by atoms with van der Waals surface area (Å²) in [5.41, 5.74) is 0.666. The molecule has 3 aromatic rings. The Balaban J connectivity index is 1.80. The molecule has 0 radical (unpaired) electrons. The molecule has 1 amide bonds. The Kier molecular flexibility index (Phi) is 6.22. The maximum Gasteiger partial charge on any atom is 0.252 e. The molecule has 1 aromatic carbocycles. The van der Waals surface area contributed by atoms with E-state index in [-0.39, 0.29) is 16.6 Å². The average molecular weight is 412 g/mol. The van der Waals surface area contributed by atoms with Gasteiger partial charge in [-0.1, -0.05) is 20.8 Å². The van der Waals surface area contributed by atoms with Crippen LogP contribution in [0.15, 0.2) is 53.7 Å². The standard InChI is InChI=1S/C21H25N5O2S/c1-14(29-16-9-7-15(28-5)8-10-16)19(27)24-18-13-17(21(2,3)4)25-26(18)20-22-11-6-12-23-20/h6-14H,1-5H3,(H,24,27). The normalized spacial score (nSPS) is 12.4. The van der Waals surface area contributed by atoms with E-state index >= 15 is 0 Å².